The van der Waals surface area contributed by atoms with Gasteiger partial charge in [-0.05, 0) is 37.3 Å². The number of hydrogen-bond acceptors (Lipinski definition) is 5. The van der Waals surface area contributed by atoms with Crippen LogP contribution in [0.25, 0.3) is 11.4 Å². The summed E-state index contributed by atoms with van der Waals surface area (Å²) in [6.45, 7) is 3.01. The van der Waals surface area contributed by atoms with Crippen LogP contribution < -0.4 is 5.73 Å². The van der Waals surface area contributed by atoms with Gasteiger partial charge in [-0.3, -0.25) is 9.89 Å². The summed E-state index contributed by atoms with van der Waals surface area (Å²) in [5.74, 6) is -0.295. The molecule has 3 aromatic rings. The van der Waals surface area contributed by atoms with Crippen molar-refractivity contribution in [1.82, 2.24) is 19.7 Å². The monoisotopic (exact) mass is 487 g/mol. The molecule has 8 nitrogen and oxygen atoms in total. The second-order valence-electron chi connectivity index (χ2n) is 8.03. The third-order valence-corrected chi connectivity index (χ3v) is 6.25. The van der Waals surface area contributed by atoms with E-state index in [4.69, 9.17) is 17.3 Å². The molecule has 0 radical (unpaired) electrons. The van der Waals surface area contributed by atoms with Crippen molar-refractivity contribution in [3.8, 4) is 11.4 Å². The van der Waals surface area contributed by atoms with Crippen LogP contribution in [-0.2, 0) is 18.7 Å². The largest absolute Gasteiger partial charge is 0.390 e. The number of benzene rings is 2. The van der Waals surface area contributed by atoms with Crippen molar-refractivity contribution in [2.24, 2.45) is 15.7 Å². The predicted molar refractivity (Wildman–Crippen MR) is 127 cm³/mol. The van der Waals surface area contributed by atoms with Crippen molar-refractivity contribution in [3.05, 3.63) is 70.5 Å². The van der Waals surface area contributed by atoms with E-state index in [2.05, 4.69) is 20.1 Å². The molecule has 0 amide bonds. The van der Waals surface area contributed by atoms with E-state index in [1.807, 2.05) is 21.7 Å². The number of fused-ring (bicyclic) bond motifs is 1. The zero-order chi connectivity index (χ0) is 24.3. The van der Waals surface area contributed by atoms with Crippen molar-refractivity contribution in [1.29, 1.82) is 0 Å². The summed E-state index contributed by atoms with van der Waals surface area (Å²) in [6, 6.07) is 9.76. The molecule has 0 aliphatic carbocycles. The van der Waals surface area contributed by atoms with E-state index in [9.17, 15) is 13.9 Å². The number of hydrogen-bond donors (Lipinski definition) is 2. The van der Waals surface area contributed by atoms with E-state index in [0.717, 1.165) is 24.0 Å². The first-order chi connectivity index (χ1) is 16.3. The summed E-state index contributed by atoms with van der Waals surface area (Å²) < 4.78 is 30.1. The fraction of sp³-hybridized carbons (Fsp3) is 0.304. The molecule has 178 valence electrons. The van der Waals surface area contributed by atoms with E-state index < -0.39 is 23.3 Å². The maximum absolute atomic E-state index is 14.8. The Morgan fingerprint density at radius 1 is 1.24 bits per heavy atom. The van der Waals surface area contributed by atoms with Crippen LogP contribution in [0, 0.1) is 11.6 Å². The Labute approximate surface area is 200 Å². The fourth-order valence-corrected chi connectivity index (χ4v) is 4.18. The van der Waals surface area contributed by atoms with Crippen LogP contribution >= 0.6 is 11.6 Å². The lowest BCUT2D eigenvalue weighted by Gasteiger charge is -2.41. The lowest BCUT2D eigenvalue weighted by atomic mass is 9.85. The lowest BCUT2D eigenvalue weighted by molar-refractivity contribution is -0.0500. The molecule has 2 atom stereocenters. The third-order valence-electron chi connectivity index (χ3n) is 6.00. The number of nitrogens with two attached hydrogens (primary N) is 1. The molecule has 0 saturated carbocycles. The van der Waals surface area contributed by atoms with Gasteiger partial charge in [-0.25, -0.2) is 23.4 Å². The number of aliphatic hydroxyl groups is 1. The highest BCUT2D eigenvalue weighted by atomic mass is 35.5. The van der Waals surface area contributed by atoms with Gasteiger partial charge in [-0.2, -0.15) is 5.10 Å². The number of aromatic nitrogens is 3. The molecule has 2 heterocycles. The van der Waals surface area contributed by atoms with E-state index in [0.29, 0.717) is 36.3 Å². The number of halogens is 3. The van der Waals surface area contributed by atoms with Gasteiger partial charge < -0.3 is 10.8 Å². The molecule has 11 heteroatoms. The van der Waals surface area contributed by atoms with Gasteiger partial charge in [0.2, 0.25) is 0 Å². The molecule has 1 aliphatic heterocycles. The maximum Gasteiger partial charge on any atom is 0.181 e. The van der Waals surface area contributed by atoms with Crippen LogP contribution in [0.2, 0.25) is 5.02 Å². The molecule has 2 aromatic carbocycles. The molecule has 34 heavy (non-hydrogen) atoms. The number of aliphatic imine (C=N–C) groups is 2. The van der Waals surface area contributed by atoms with Crippen LogP contribution in [0.4, 0.5) is 8.78 Å². The van der Waals surface area contributed by atoms with Gasteiger partial charge in [-0.1, -0.05) is 17.7 Å². The zero-order valence-electron chi connectivity index (χ0n) is 18.4. The Bertz CT molecular complexity index is 1210. The second-order valence-corrected chi connectivity index (χ2v) is 8.47. The first kappa shape index (κ1) is 23.9. The Morgan fingerprint density at radius 2 is 2.00 bits per heavy atom. The van der Waals surface area contributed by atoms with Crippen molar-refractivity contribution < 1.29 is 13.9 Å². The molecule has 0 bridgehead atoms. The third kappa shape index (κ3) is 4.84. The Balaban J connectivity index is 1.62. The Morgan fingerprint density at radius 3 is 2.71 bits per heavy atom. The average molecular weight is 488 g/mol. The van der Waals surface area contributed by atoms with Crippen molar-refractivity contribution in [2.75, 3.05) is 13.1 Å². The van der Waals surface area contributed by atoms with Crippen LogP contribution in [0.5, 0.6) is 0 Å². The molecule has 1 aromatic heterocycles. The van der Waals surface area contributed by atoms with Crippen molar-refractivity contribution in [3.63, 3.8) is 0 Å². The average Bonchev–Trinajstić information content (AvgIpc) is 3.25. The van der Waals surface area contributed by atoms with Gasteiger partial charge in [0.15, 0.2) is 5.82 Å². The minimum Gasteiger partial charge on any atom is -0.390 e. The highest BCUT2D eigenvalue weighted by Crippen LogP contribution is 2.33. The molecular formula is C23H24ClF2N7O. The summed E-state index contributed by atoms with van der Waals surface area (Å²) in [7, 11) is 0. The molecule has 1 aliphatic rings. The Kier molecular flexibility index (Phi) is 7.01. The summed E-state index contributed by atoms with van der Waals surface area (Å²) in [4.78, 5) is 14.4. The fourth-order valence-electron chi connectivity index (χ4n) is 4.06. The van der Waals surface area contributed by atoms with Crippen LogP contribution in [0.15, 0.2) is 52.4 Å². The first-order valence-electron chi connectivity index (χ1n) is 10.6. The van der Waals surface area contributed by atoms with Crippen LogP contribution in [0.1, 0.15) is 18.3 Å². The number of nitrogens with zero attached hydrogens (tertiary/aromatic N) is 6. The summed E-state index contributed by atoms with van der Waals surface area (Å²) in [5, 5.41) is 16.9. The second kappa shape index (κ2) is 9.96. The minimum atomic E-state index is -1.76. The topological polar surface area (TPSA) is 105 Å². The summed E-state index contributed by atoms with van der Waals surface area (Å²) in [5.41, 5.74) is 4.25. The zero-order valence-corrected chi connectivity index (χ0v) is 19.2. The number of rotatable bonds is 7. The van der Waals surface area contributed by atoms with Gasteiger partial charge in [0.25, 0.3) is 0 Å². The molecular weight excluding hydrogens is 464 g/mol. The van der Waals surface area contributed by atoms with Gasteiger partial charge in [0, 0.05) is 34.8 Å². The maximum atomic E-state index is 14.8. The highest BCUT2D eigenvalue weighted by molar-refractivity contribution is 6.30. The first-order valence-corrected chi connectivity index (χ1v) is 11.0. The predicted octanol–water partition coefficient (Wildman–Crippen LogP) is 2.98. The Hall–Kier alpha value is -3.21. The standard InChI is InChI=1S/C23H24ClF2N7O/c1-15(23(34,12-28-14-29-13-27)19-7-6-18(25)10-20(19)26)32-8-9-33-21(11-32)30-22(31-33)16-2-4-17(24)5-3-16/h2-7,10,13-15,34H,8-9,11-12H2,1H3,(H2,27,28,29)/t15-,23-/m1/s1. The van der Waals surface area contributed by atoms with Gasteiger partial charge >= 0.3 is 0 Å². The van der Waals surface area contributed by atoms with Crippen molar-refractivity contribution in [2.45, 2.75) is 31.7 Å². The molecule has 0 unspecified atom stereocenters. The summed E-state index contributed by atoms with van der Waals surface area (Å²) >= 11 is 5.97. The van der Waals surface area contributed by atoms with Crippen LogP contribution in [-0.4, -0.2) is 56.6 Å². The molecule has 0 spiro atoms. The molecule has 4 rings (SSSR count). The van der Waals surface area contributed by atoms with Gasteiger partial charge in [0.05, 0.1) is 26.0 Å². The normalized spacial score (nSPS) is 17.2. The minimum absolute atomic E-state index is 0.0517. The van der Waals surface area contributed by atoms with Gasteiger partial charge in [0.1, 0.15) is 29.4 Å². The quantitative estimate of drug-likeness (QED) is 0.394. The van der Waals surface area contributed by atoms with E-state index in [1.165, 1.54) is 12.4 Å². The SMILES string of the molecule is C[C@@H](N1CCn2nc(-c3ccc(Cl)cc3)nc2C1)[C@](O)(CN=CN=CN)c1ccc(F)cc1F. The van der Waals surface area contributed by atoms with Crippen molar-refractivity contribution >= 4 is 24.3 Å². The van der Waals surface area contributed by atoms with E-state index in [-0.39, 0.29) is 12.1 Å². The molecule has 0 fully saturated rings. The highest BCUT2D eigenvalue weighted by Gasteiger charge is 2.42. The molecule has 0 saturated heterocycles. The summed E-state index contributed by atoms with van der Waals surface area (Å²) in [6.07, 6.45) is 2.24. The van der Waals surface area contributed by atoms with E-state index in [1.54, 1.807) is 19.1 Å². The van der Waals surface area contributed by atoms with E-state index >= 15 is 0 Å². The molecule has 3 N–H and O–H groups in total. The smallest absolute Gasteiger partial charge is 0.181 e. The van der Waals surface area contributed by atoms with Gasteiger partial charge in [-0.15, -0.1) is 0 Å². The van der Waals surface area contributed by atoms with Crippen LogP contribution in [0.3, 0.4) is 0 Å². The lowest BCUT2D eigenvalue weighted by Crippen LogP contribution is -2.53.